The predicted molar refractivity (Wildman–Crippen MR) is 125 cm³/mol. The van der Waals surface area contributed by atoms with Gasteiger partial charge in [-0.05, 0) is 47.4 Å². The fourth-order valence-corrected chi connectivity index (χ4v) is 4.25. The number of allylic oxidation sites excluding steroid dienone is 4. The third-order valence-electron chi connectivity index (χ3n) is 5.58. The molecule has 0 saturated heterocycles. The number of nitrogens with zero attached hydrogens (tertiary/aromatic N) is 6. The number of aromatic amines is 1. The normalized spacial score (nSPS) is 15.7. The highest BCUT2D eigenvalue weighted by molar-refractivity contribution is 5.80. The molecule has 5 rings (SSSR count). The van der Waals surface area contributed by atoms with Crippen molar-refractivity contribution in [3.8, 4) is 22.5 Å². The van der Waals surface area contributed by atoms with Gasteiger partial charge in [-0.25, -0.2) is 5.01 Å². The zero-order valence-electron chi connectivity index (χ0n) is 18.4. The molecule has 0 amide bonds. The van der Waals surface area contributed by atoms with E-state index in [1.165, 1.54) is 16.8 Å². The van der Waals surface area contributed by atoms with Crippen LogP contribution < -0.4 is 0 Å². The Hall–Kier alpha value is -4.13. The second kappa shape index (κ2) is 8.19. The lowest BCUT2D eigenvalue weighted by atomic mass is 9.97. The van der Waals surface area contributed by atoms with Crippen molar-refractivity contribution in [2.24, 2.45) is 0 Å². The Morgan fingerprint density at radius 3 is 2.50 bits per heavy atom. The van der Waals surface area contributed by atoms with E-state index in [0.29, 0.717) is 5.82 Å². The minimum atomic E-state index is 0.598. The van der Waals surface area contributed by atoms with Crippen molar-refractivity contribution in [3.05, 3.63) is 102 Å². The molecule has 7 nitrogen and oxygen atoms in total. The first-order chi connectivity index (χ1) is 15.6. The van der Waals surface area contributed by atoms with Crippen LogP contribution in [-0.4, -0.2) is 42.6 Å². The standard InChI is InChI=1S/C25H25N7/c1-4-13-31-17-21(32-24(31)14-18(2)16-30(32)3)15-19-9-11-20(12-10-19)22-7-5-6-8-23(22)25-26-28-29-27-25/h4-14,16-17H,15H2,1-3H3,(H,26,27,28,29)/b13-4+. The Morgan fingerprint density at radius 1 is 1.00 bits per heavy atom. The average Bonchev–Trinajstić information content (AvgIpc) is 3.44. The van der Waals surface area contributed by atoms with E-state index in [2.05, 4.69) is 111 Å². The van der Waals surface area contributed by atoms with Crippen LogP contribution in [0, 0.1) is 0 Å². The summed E-state index contributed by atoms with van der Waals surface area (Å²) >= 11 is 0. The van der Waals surface area contributed by atoms with Crippen LogP contribution in [0.5, 0.6) is 0 Å². The molecule has 0 fully saturated rings. The second-order valence-corrected chi connectivity index (χ2v) is 7.93. The van der Waals surface area contributed by atoms with Crippen LogP contribution in [0.4, 0.5) is 0 Å². The number of fused-ring (bicyclic) bond motifs is 1. The molecule has 32 heavy (non-hydrogen) atoms. The van der Waals surface area contributed by atoms with E-state index < -0.39 is 0 Å². The van der Waals surface area contributed by atoms with Crippen LogP contribution in [0.15, 0.2) is 96.4 Å². The van der Waals surface area contributed by atoms with Crippen molar-refractivity contribution >= 4 is 0 Å². The molecule has 2 aliphatic heterocycles. The summed E-state index contributed by atoms with van der Waals surface area (Å²) in [7, 11) is 2.08. The minimum absolute atomic E-state index is 0.598. The van der Waals surface area contributed by atoms with Gasteiger partial charge in [0.1, 0.15) is 5.82 Å². The van der Waals surface area contributed by atoms with Gasteiger partial charge in [-0.2, -0.15) is 5.21 Å². The van der Waals surface area contributed by atoms with E-state index >= 15 is 0 Å². The zero-order valence-corrected chi connectivity index (χ0v) is 18.4. The molecule has 0 saturated carbocycles. The number of aromatic nitrogens is 4. The summed E-state index contributed by atoms with van der Waals surface area (Å²) in [6.07, 6.45) is 11.5. The largest absolute Gasteiger partial charge is 0.307 e. The summed E-state index contributed by atoms with van der Waals surface area (Å²) in [4.78, 5) is 2.18. The van der Waals surface area contributed by atoms with Crippen LogP contribution in [0.2, 0.25) is 0 Å². The molecule has 1 N–H and O–H groups in total. The Morgan fingerprint density at radius 2 is 1.78 bits per heavy atom. The molecule has 0 spiro atoms. The zero-order chi connectivity index (χ0) is 22.1. The third-order valence-corrected chi connectivity index (χ3v) is 5.58. The highest BCUT2D eigenvalue weighted by atomic mass is 15.7. The van der Waals surface area contributed by atoms with Gasteiger partial charge in [0.25, 0.3) is 0 Å². The lowest BCUT2D eigenvalue weighted by Crippen LogP contribution is -2.37. The van der Waals surface area contributed by atoms with Crippen molar-refractivity contribution in [1.82, 2.24) is 35.5 Å². The number of nitrogens with one attached hydrogen (secondary N) is 1. The first-order valence-corrected chi connectivity index (χ1v) is 10.6. The predicted octanol–water partition coefficient (Wildman–Crippen LogP) is 4.67. The van der Waals surface area contributed by atoms with Crippen LogP contribution >= 0.6 is 0 Å². The van der Waals surface area contributed by atoms with Crippen molar-refractivity contribution in [1.29, 1.82) is 0 Å². The Balaban J connectivity index is 1.42. The van der Waals surface area contributed by atoms with Gasteiger partial charge in [-0.3, -0.25) is 5.01 Å². The van der Waals surface area contributed by atoms with Crippen LogP contribution in [0.3, 0.4) is 0 Å². The smallest absolute Gasteiger partial charge is 0.205 e. The van der Waals surface area contributed by atoms with E-state index in [0.717, 1.165) is 28.9 Å². The quantitative estimate of drug-likeness (QED) is 0.643. The Bertz CT molecular complexity index is 1230. The summed E-state index contributed by atoms with van der Waals surface area (Å²) in [6.45, 7) is 4.16. The van der Waals surface area contributed by atoms with Gasteiger partial charge in [-0.15, -0.1) is 10.2 Å². The van der Waals surface area contributed by atoms with E-state index in [1.54, 1.807) is 0 Å². The van der Waals surface area contributed by atoms with Crippen LogP contribution in [-0.2, 0) is 6.42 Å². The van der Waals surface area contributed by atoms with Gasteiger partial charge in [0, 0.05) is 37.6 Å². The molecule has 3 aromatic rings. The lowest BCUT2D eigenvalue weighted by molar-refractivity contribution is 0.117. The van der Waals surface area contributed by atoms with E-state index in [4.69, 9.17) is 0 Å². The molecule has 160 valence electrons. The van der Waals surface area contributed by atoms with E-state index in [9.17, 15) is 0 Å². The Kier molecular flexibility index (Phi) is 5.07. The van der Waals surface area contributed by atoms with Gasteiger partial charge in [0.05, 0.1) is 5.70 Å². The second-order valence-electron chi connectivity index (χ2n) is 7.93. The fraction of sp³-hybridized carbons (Fsp3) is 0.160. The summed E-state index contributed by atoms with van der Waals surface area (Å²) in [5.41, 5.74) is 6.87. The first kappa shape index (κ1) is 19.8. The molecule has 2 aromatic carbocycles. The van der Waals surface area contributed by atoms with Gasteiger partial charge in [0.15, 0.2) is 0 Å². The number of hydrogen-bond donors (Lipinski definition) is 1. The van der Waals surface area contributed by atoms with Gasteiger partial charge in [-0.1, -0.05) is 54.6 Å². The monoisotopic (exact) mass is 423 g/mol. The first-order valence-electron chi connectivity index (χ1n) is 10.6. The number of H-pyrrole nitrogens is 1. The summed E-state index contributed by atoms with van der Waals surface area (Å²) in [5.74, 6) is 1.74. The molecule has 0 unspecified atom stereocenters. The maximum atomic E-state index is 4.15. The van der Waals surface area contributed by atoms with Crippen molar-refractivity contribution in [2.45, 2.75) is 20.3 Å². The molecule has 0 atom stereocenters. The van der Waals surface area contributed by atoms with E-state index in [-0.39, 0.29) is 0 Å². The number of hydrazine groups is 1. The van der Waals surface area contributed by atoms with E-state index in [1.807, 2.05) is 25.1 Å². The molecular formula is C25H25N7. The molecule has 0 radical (unpaired) electrons. The maximum absolute atomic E-state index is 4.15. The van der Waals surface area contributed by atoms with Gasteiger partial charge >= 0.3 is 0 Å². The topological polar surface area (TPSA) is 64.2 Å². The van der Waals surface area contributed by atoms with Crippen molar-refractivity contribution < 1.29 is 0 Å². The summed E-state index contributed by atoms with van der Waals surface area (Å²) in [5, 5.41) is 18.9. The maximum Gasteiger partial charge on any atom is 0.205 e. The minimum Gasteiger partial charge on any atom is -0.307 e. The molecule has 3 heterocycles. The summed E-state index contributed by atoms with van der Waals surface area (Å²) in [6, 6.07) is 16.8. The number of tetrazole rings is 1. The number of rotatable bonds is 5. The van der Waals surface area contributed by atoms with Crippen molar-refractivity contribution in [3.63, 3.8) is 0 Å². The molecule has 7 heteroatoms. The highest BCUT2D eigenvalue weighted by Gasteiger charge is 2.30. The lowest BCUT2D eigenvalue weighted by Gasteiger charge is -2.36. The molecule has 2 aliphatic rings. The fourth-order valence-electron chi connectivity index (χ4n) is 4.25. The van der Waals surface area contributed by atoms with Crippen LogP contribution in [0.25, 0.3) is 22.5 Å². The van der Waals surface area contributed by atoms with Gasteiger partial charge < -0.3 is 4.90 Å². The third kappa shape index (κ3) is 3.58. The average molecular weight is 424 g/mol. The molecule has 1 aromatic heterocycles. The highest BCUT2D eigenvalue weighted by Crippen LogP contribution is 2.35. The molecular weight excluding hydrogens is 398 g/mol. The van der Waals surface area contributed by atoms with Crippen LogP contribution in [0.1, 0.15) is 19.4 Å². The van der Waals surface area contributed by atoms with Gasteiger partial charge in [0.2, 0.25) is 5.82 Å². The van der Waals surface area contributed by atoms with Crippen molar-refractivity contribution in [2.75, 3.05) is 7.05 Å². The summed E-state index contributed by atoms with van der Waals surface area (Å²) < 4.78 is 0. The Labute approximate surface area is 187 Å². The SMILES string of the molecule is C/C=C/N1C=C(Cc2ccc(-c3ccccc3-c3nn[nH]n3)cc2)N2C1=CC(C)=CN2C. The molecule has 0 bridgehead atoms. The number of benzene rings is 2. The number of hydrogen-bond acceptors (Lipinski definition) is 6. The molecule has 0 aliphatic carbocycles.